The van der Waals surface area contributed by atoms with Crippen molar-refractivity contribution >= 4 is 33.2 Å². The lowest BCUT2D eigenvalue weighted by molar-refractivity contribution is 1.22. The summed E-state index contributed by atoms with van der Waals surface area (Å²) in [5, 5.41) is 7.15. The van der Waals surface area contributed by atoms with Crippen LogP contribution in [-0.4, -0.2) is 20.7 Å². The van der Waals surface area contributed by atoms with Gasteiger partial charge in [-0.15, -0.1) is 11.3 Å². The molecule has 1 N–H and O–H groups in total. The zero-order valence-corrected chi connectivity index (χ0v) is 14.4. The van der Waals surface area contributed by atoms with E-state index in [1.165, 1.54) is 11.3 Å². The average molecular weight is 345 g/mol. The van der Waals surface area contributed by atoms with Gasteiger partial charge in [-0.2, -0.15) is 5.10 Å². The van der Waals surface area contributed by atoms with Gasteiger partial charge in [-0.1, -0.05) is 42.5 Å². The molecule has 0 fully saturated rings. The maximum Gasteiger partial charge on any atom is 0.203 e. The van der Waals surface area contributed by atoms with E-state index in [1.54, 1.807) is 6.20 Å². The third kappa shape index (κ3) is 3.39. The number of benzene rings is 2. The molecular formula is C19H15N5S. The van der Waals surface area contributed by atoms with Gasteiger partial charge in [0.1, 0.15) is 5.69 Å². The molecule has 0 radical (unpaired) electrons. The molecule has 0 amide bonds. The molecule has 0 aliphatic rings. The summed E-state index contributed by atoms with van der Waals surface area (Å²) in [6, 6.07) is 17.9. The van der Waals surface area contributed by atoms with Crippen LogP contribution in [0.1, 0.15) is 12.6 Å². The molecule has 0 aliphatic carbocycles. The van der Waals surface area contributed by atoms with Crippen molar-refractivity contribution in [3.8, 4) is 11.3 Å². The molecule has 6 heteroatoms. The molecule has 0 aliphatic heterocycles. The lowest BCUT2D eigenvalue weighted by Gasteiger charge is -2.02. The van der Waals surface area contributed by atoms with Crippen molar-refractivity contribution in [1.82, 2.24) is 15.0 Å². The summed E-state index contributed by atoms with van der Waals surface area (Å²) in [6.45, 7) is 1.90. The Morgan fingerprint density at radius 3 is 2.56 bits per heavy atom. The zero-order valence-electron chi connectivity index (χ0n) is 13.5. The molecule has 0 unspecified atom stereocenters. The van der Waals surface area contributed by atoms with Crippen molar-refractivity contribution in [2.24, 2.45) is 5.10 Å². The molecule has 0 saturated carbocycles. The Labute approximate surface area is 149 Å². The molecule has 4 aromatic rings. The van der Waals surface area contributed by atoms with Crippen LogP contribution in [0.4, 0.5) is 5.13 Å². The number of thiazole rings is 1. The lowest BCUT2D eigenvalue weighted by atomic mass is 10.2. The normalized spacial score (nSPS) is 11.6. The van der Waals surface area contributed by atoms with E-state index in [1.807, 2.05) is 66.9 Å². The smallest absolute Gasteiger partial charge is 0.203 e. The Morgan fingerprint density at radius 2 is 1.72 bits per heavy atom. The Bertz CT molecular complexity index is 1040. The second-order valence-corrected chi connectivity index (χ2v) is 6.32. The molecule has 2 heterocycles. The Kier molecular flexibility index (Phi) is 4.18. The second kappa shape index (κ2) is 6.78. The van der Waals surface area contributed by atoms with Crippen molar-refractivity contribution in [2.45, 2.75) is 6.92 Å². The molecule has 25 heavy (non-hydrogen) atoms. The van der Waals surface area contributed by atoms with Gasteiger partial charge in [0.25, 0.3) is 0 Å². The summed E-state index contributed by atoms with van der Waals surface area (Å²) in [5.74, 6) is 0. The number of rotatable bonds is 4. The van der Waals surface area contributed by atoms with E-state index < -0.39 is 0 Å². The first-order valence-electron chi connectivity index (χ1n) is 7.83. The SMILES string of the molecule is CC(=NNc1nc(-c2ccccc2)cs1)c1cnc2ccccc2n1. The van der Waals surface area contributed by atoms with Crippen LogP contribution in [0.25, 0.3) is 22.3 Å². The lowest BCUT2D eigenvalue weighted by Crippen LogP contribution is -2.03. The molecule has 0 bridgehead atoms. The minimum absolute atomic E-state index is 0.742. The third-order valence-electron chi connectivity index (χ3n) is 3.71. The topological polar surface area (TPSA) is 63.1 Å². The van der Waals surface area contributed by atoms with E-state index in [-0.39, 0.29) is 0 Å². The Balaban J connectivity index is 1.53. The van der Waals surface area contributed by atoms with Crippen LogP contribution in [0.3, 0.4) is 0 Å². The van der Waals surface area contributed by atoms with E-state index >= 15 is 0 Å². The summed E-state index contributed by atoms with van der Waals surface area (Å²) in [7, 11) is 0. The van der Waals surface area contributed by atoms with Gasteiger partial charge in [-0.3, -0.25) is 10.4 Å². The van der Waals surface area contributed by atoms with Crippen molar-refractivity contribution in [3.63, 3.8) is 0 Å². The summed E-state index contributed by atoms with van der Waals surface area (Å²) < 4.78 is 0. The number of nitrogens with zero attached hydrogens (tertiary/aromatic N) is 4. The fraction of sp³-hybridized carbons (Fsp3) is 0.0526. The van der Waals surface area contributed by atoms with E-state index in [4.69, 9.17) is 0 Å². The van der Waals surface area contributed by atoms with Gasteiger partial charge in [0.15, 0.2) is 0 Å². The van der Waals surface area contributed by atoms with Crippen molar-refractivity contribution in [1.29, 1.82) is 0 Å². The molecule has 0 spiro atoms. The summed E-state index contributed by atoms with van der Waals surface area (Å²) in [4.78, 5) is 13.6. The number of anilines is 1. The van der Waals surface area contributed by atoms with Gasteiger partial charge in [-0.05, 0) is 19.1 Å². The van der Waals surface area contributed by atoms with Crippen molar-refractivity contribution < 1.29 is 0 Å². The predicted molar refractivity (Wildman–Crippen MR) is 103 cm³/mol. The van der Waals surface area contributed by atoms with E-state index in [9.17, 15) is 0 Å². The monoisotopic (exact) mass is 345 g/mol. The summed E-state index contributed by atoms with van der Waals surface area (Å²) >= 11 is 1.52. The molecule has 2 aromatic heterocycles. The van der Waals surface area contributed by atoms with Crippen LogP contribution >= 0.6 is 11.3 Å². The number of fused-ring (bicyclic) bond motifs is 1. The fourth-order valence-corrected chi connectivity index (χ4v) is 3.05. The highest BCUT2D eigenvalue weighted by atomic mass is 32.1. The van der Waals surface area contributed by atoms with Crippen LogP contribution in [0, 0.1) is 0 Å². The first kappa shape index (κ1) is 15.4. The summed E-state index contributed by atoms with van der Waals surface area (Å²) in [5.41, 5.74) is 8.27. The number of hydrazone groups is 1. The summed E-state index contributed by atoms with van der Waals surface area (Å²) in [6.07, 6.45) is 1.74. The number of nitrogens with one attached hydrogen (secondary N) is 1. The maximum atomic E-state index is 4.59. The Hall–Kier alpha value is -3.12. The number of aromatic nitrogens is 3. The van der Waals surface area contributed by atoms with Gasteiger partial charge >= 0.3 is 0 Å². The molecule has 4 rings (SSSR count). The molecule has 5 nitrogen and oxygen atoms in total. The van der Waals surface area contributed by atoms with Gasteiger partial charge in [0.05, 0.1) is 28.6 Å². The Morgan fingerprint density at radius 1 is 0.960 bits per heavy atom. The van der Waals surface area contributed by atoms with Crippen LogP contribution in [0.2, 0.25) is 0 Å². The molecule has 2 aromatic carbocycles. The average Bonchev–Trinajstić information content (AvgIpc) is 3.15. The zero-order chi connectivity index (χ0) is 17.1. The van der Waals surface area contributed by atoms with E-state index in [0.717, 1.165) is 38.8 Å². The third-order valence-corrected chi connectivity index (χ3v) is 4.46. The minimum Gasteiger partial charge on any atom is -0.252 e. The highest BCUT2D eigenvalue weighted by Crippen LogP contribution is 2.24. The minimum atomic E-state index is 0.742. The molecule has 0 atom stereocenters. The largest absolute Gasteiger partial charge is 0.252 e. The first-order valence-corrected chi connectivity index (χ1v) is 8.71. The van der Waals surface area contributed by atoms with Gasteiger partial charge in [0.2, 0.25) is 5.13 Å². The van der Waals surface area contributed by atoms with Crippen molar-refractivity contribution in [3.05, 3.63) is 71.9 Å². The number of hydrogen-bond acceptors (Lipinski definition) is 6. The standard InChI is InChI=1S/C19H15N5S/c1-13(17-11-20-15-9-5-6-10-16(15)21-17)23-24-19-22-18(12-25-19)14-7-3-2-4-8-14/h2-12H,1H3,(H,22,24). The second-order valence-electron chi connectivity index (χ2n) is 5.46. The van der Waals surface area contributed by atoms with E-state index in [2.05, 4.69) is 25.5 Å². The molecular weight excluding hydrogens is 330 g/mol. The molecule has 0 saturated heterocycles. The fourth-order valence-electron chi connectivity index (χ4n) is 2.39. The van der Waals surface area contributed by atoms with Gasteiger partial charge in [-0.25, -0.2) is 9.97 Å². The number of para-hydroxylation sites is 2. The van der Waals surface area contributed by atoms with E-state index in [0.29, 0.717) is 0 Å². The highest BCUT2D eigenvalue weighted by Gasteiger charge is 2.05. The van der Waals surface area contributed by atoms with Crippen LogP contribution < -0.4 is 5.43 Å². The van der Waals surface area contributed by atoms with Gasteiger partial charge in [0, 0.05) is 10.9 Å². The van der Waals surface area contributed by atoms with Gasteiger partial charge < -0.3 is 0 Å². The van der Waals surface area contributed by atoms with Crippen LogP contribution in [0.5, 0.6) is 0 Å². The maximum absolute atomic E-state index is 4.59. The van der Waals surface area contributed by atoms with Crippen molar-refractivity contribution in [2.75, 3.05) is 5.43 Å². The highest BCUT2D eigenvalue weighted by molar-refractivity contribution is 7.14. The van der Waals surface area contributed by atoms with Crippen LogP contribution in [-0.2, 0) is 0 Å². The van der Waals surface area contributed by atoms with Crippen LogP contribution in [0.15, 0.2) is 71.3 Å². The number of hydrogen-bond donors (Lipinski definition) is 1. The quantitative estimate of drug-likeness (QED) is 0.434. The molecule has 122 valence electrons. The predicted octanol–water partition coefficient (Wildman–Crippen LogP) is 4.59. The first-order chi connectivity index (χ1) is 12.3.